The van der Waals surface area contributed by atoms with Gasteiger partial charge >= 0.3 is 5.97 Å². The SMILES string of the molecule is Cn1cc(COC2CCC(C(=O)O)CC2)cn1. The summed E-state index contributed by atoms with van der Waals surface area (Å²) >= 11 is 0. The van der Waals surface area contributed by atoms with Crippen molar-refractivity contribution in [2.75, 3.05) is 0 Å². The molecule has 0 aliphatic heterocycles. The molecule has 5 heteroatoms. The molecule has 1 N–H and O–H groups in total. The monoisotopic (exact) mass is 238 g/mol. The van der Waals surface area contributed by atoms with E-state index in [0.717, 1.165) is 31.2 Å². The topological polar surface area (TPSA) is 64.3 Å². The smallest absolute Gasteiger partial charge is 0.306 e. The zero-order chi connectivity index (χ0) is 12.3. The molecule has 0 amide bonds. The van der Waals surface area contributed by atoms with Crippen LogP contribution in [0.15, 0.2) is 12.4 Å². The molecule has 0 spiro atoms. The van der Waals surface area contributed by atoms with Crippen LogP contribution in [0.1, 0.15) is 31.2 Å². The first kappa shape index (κ1) is 12.1. The van der Waals surface area contributed by atoms with Crippen LogP contribution in [0, 0.1) is 5.92 Å². The van der Waals surface area contributed by atoms with Gasteiger partial charge in [0.25, 0.3) is 0 Å². The van der Waals surface area contributed by atoms with Crippen molar-refractivity contribution in [1.82, 2.24) is 9.78 Å². The van der Waals surface area contributed by atoms with Crippen LogP contribution in [0.25, 0.3) is 0 Å². The molecule has 0 radical (unpaired) electrons. The Bertz CT molecular complexity index is 381. The van der Waals surface area contributed by atoms with E-state index in [1.54, 1.807) is 10.9 Å². The average Bonchev–Trinajstić information content (AvgIpc) is 2.73. The molecule has 0 aromatic carbocycles. The van der Waals surface area contributed by atoms with Crippen LogP contribution in [0.3, 0.4) is 0 Å². The zero-order valence-electron chi connectivity index (χ0n) is 10.0. The third kappa shape index (κ3) is 3.30. The average molecular weight is 238 g/mol. The first-order chi connectivity index (χ1) is 8.15. The van der Waals surface area contributed by atoms with Crippen LogP contribution in [-0.4, -0.2) is 27.0 Å². The summed E-state index contributed by atoms with van der Waals surface area (Å²) in [5, 5.41) is 13.0. The van der Waals surface area contributed by atoms with Gasteiger partial charge in [-0.2, -0.15) is 5.10 Å². The highest BCUT2D eigenvalue weighted by molar-refractivity contribution is 5.70. The van der Waals surface area contributed by atoms with Gasteiger partial charge in [-0.05, 0) is 25.7 Å². The maximum absolute atomic E-state index is 10.8. The molecule has 1 fully saturated rings. The van der Waals surface area contributed by atoms with Gasteiger partial charge < -0.3 is 9.84 Å². The lowest BCUT2D eigenvalue weighted by Crippen LogP contribution is -2.25. The Hall–Kier alpha value is -1.36. The molecule has 0 unspecified atom stereocenters. The molecule has 1 saturated carbocycles. The van der Waals surface area contributed by atoms with E-state index in [1.807, 2.05) is 13.2 Å². The van der Waals surface area contributed by atoms with E-state index < -0.39 is 5.97 Å². The number of rotatable bonds is 4. The van der Waals surface area contributed by atoms with Crippen LogP contribution >= 0.6 is 0 Å². The minimum Gasteiger partial charge on any atom is -0.481 e. The van der Waals surface area contributed by atoms with Crippen molar-refractivity contribution in [2.24, 2.45) is 13.0 Å². The fraction of sp³-hybridized carbons (Fsp3) is 0.667. The summed E-state index contributed by atoms with van der Waals surface area (Å²) in [6.45, 7) is 0.566. The van der Waals surface area contributed by atoms with Gasteiger partial charge in [-0.15, -0.1) is 0 Å². The number of carbonyl (C=O) groups is 1. The summed E-state index contributed by atoms with van der Waals surface area (Å²) in [6.07, 6.45) is 7.08. The van der Waals surface area contributed by atoms with E-state index in [4.69, 9.17) is 9.84 Å². The number of hydrogen-bond donors (Lipinski definition) is 1. The largest absolute Gasteiger partial charge is 0.481 e. The van der Waals surface area contributed by atoms with E-state index in [1.165, 1.54) is 0 Å². The highest BCUT2D eigenvalue weighted by Gasteiger charge is 2.26. The third-order valence-electron chi connectivity index (χ3n) is 3.27. The lowest BCUT2D eigenvalue weighted by atomic mass is 9.87. The fourth-order valence-corrected chi connectivity index (χ4v) is 2.24. The van der Waals surface area contributed by atoms with Gasteiger partial charge in [-0.1, -0.05) is 0 Å². The Balaban J connectivity index is 1.73. The van der Waals surface area contributed by atoms with Gasteiger partial charge in [-0.3, -0.25) is 9.48 Å². The molecular weight excluding hydrogens is 220 g/mol. The number of aryl methyl sites for hydroxylation is 1. The second kappa shape index (κ2) is 5.31. The van der Waals surface area contributed by atoms with E-state index >= 15 is 0 Å². The molecule has 17 heavy (non-hydrogen) atoms. The lowest BCUT2D eigenvalue weighted by molar-refractivity contribution is -0.143. The van der Waals surface area contributed by atoms with Crippen molar-refractivity contribution in [3.8, 4) is 0 Å². The minimum atomic E-state index is -0.671. The van der Waals surface area contributed by atoms with E-state index in [-0.39, 0.29) is 12.0 Å². The Morgan fingerprint density at radius 2 is 2.24 bits per heavy atom. The van der Waals surface area contributed by atoms with Crippen LogP contribution in [0.2, 0.25) is 0 Å². The predicted molar refractivity (Wildman–Crippen MR) is 61.4 cm³/mol. The Labute approximate surface area is 100 Å². The summed E-state index contributed by atoms with van der Waals surface area (Å²) in [5.74, 6) is -0.844. The number of ether oxygens (including phenoxy) is 1. The fourth-order valence-electron chi connectivity index (χ4n) is 2.24. The van der Waals surface area contributed by atoms with E-state index in [2.05, 4.69) is 5.10 Å². The molecule has 1 heterocycles. The second-order valence-corrected chi connectivity index (χ2v) is 4.65. The number of aromatic nitrogens is 2. The maximum Gasteiger partial charge on any atom is 0.306 e. The summed E-state index contributed by atoms with van der Waals surface area (Å²) in [5.41, 5.74) is 1.06. The quantitative estimate of drug-likeness (QED) is 0.865. The molecule has 0 bridgehead atoms. The van der Waals surface area contributed by atoms with Gasteiger partial charge in [-0.25, -0.2) is 0 Å². The first-order valence-corrected chi connectivity index (χ1v) is 5.97. The third-order valence-corrected chi connectivity index (χ3v) is 3.27. The minimum absolute atomic E-state index is 0.173. The molecule has 0 atom stereocenters. The van der Waals surface area contributed by atoms with Crippen molar-refractivity contribution >= 4 is 5.97 Å². The first-order valence-electron chi connectivity index (χ1n) is 5.97. The van der Waals surface area contributed by atoms with Crippen molar-refractivity contribution in [2.45, 2.75) is 38.4 Å². The number of carboxylic acids is 1. The lowest BCUT2D eigenvalue weighted by Gasteiger charge is -2.25. The van der Waals surface area contributed by atoms with Crippen molar-refractivity contribution in [1.29, 1.82) is 0 Å². The standard InChI is InChI=1S/C12H18N2O3/c1-14-7-9(6-13-14)8-17-11-4-2-10(3-5-11)12(15)16/h6-7,10-11H,2-5,8H2,1H3,(H,15,16). The summed E-state index contributed by atoms with van der Waals surface area (Å²) in [4.78, 5) is 10.8. The number of carboxylic acid groups (broad SMARTS) is 1. The van der Waals surface area contributed by atoms with Gasteiger partial charge in [0, 0.05) is 18.8 Å². The van der Waals surface area contributed by atoms with Crippen molar-refractivity contribution < 1.29 is 14.6 Å². The molecule has 1 aliphatic carbocycles. The molecule has 2 rings (SSSR count). The molecule has 1 aliphatic rings. The van der Waals surface area contributed by atoms with Crippen LogP contribution in [0.4, 0.5) is 0 Å². The van der Waals surface area contributed by atoms with Crippen LogP contribution in [-0.2, 0) is 23.2 Å². The summed E-state index contributed by atoms with van der Waals surface area (Å²) < 4.78 is 7.51. The Morgan fingerprint density at radius 3 is 2.76 bits per heavy atom. The van der Waals surface area contributed by atoms with Gasteiger partial charge in [0.1, 0.15) is 0 Å². The number of hydrogen-bond acceptors (Lipinski definition) is 3. The zero-order valence-corrected chi connectivity index (χ0v) is 10.0. The van der Waals surface area contributed by atoms with Crippen molar-refractivity contribution in [3.05, 3.63) is 18.0 Å². The van der Waals surface area contributed by atoms with Gasteiger partial charge in [0.2, 0.25) is 0 Å². The van der Waals surface area contributed by atoms with Crippen molar-refractivity contribution in [3.63, 3.8) is 0 Å². The predicted octanol–water partition coefficient (Wildman–Crippen LogP) is 1.58. The van der Waals surface area contributed by atoms with Gasteiger partial charge in [0.05, 0.1) is 24.8 Å². The molecule has 5 nitrogen and oxygen atoms in total. The maximum atomic E-state index is 10.8. The highest BCUT2D eigenvalue weighted by atomic mass is 16.5. The molecule has 1 aromatic rings. The van der Waals surface area contributed by atoms with Crippen LogP contribution in [0.5, 0.6) is 0 Å². The Kier molecular flexibility index (Phi) is 3.78. The number of nitrogens with zero attached hydrogens (tertiary/aromatic N) is 2. The molecular formula is C12H18N2O3. The number of aliphatic carboxylic acids is 1. The highest BCUT2D eigenvalue weighted by Crippen LogP contribution is 2.26. The van der Waals surface area contributed by atoms with Gasteiger partial charge in [0.15, 0.2) is 0 Å². The summed E-state index contributed by atoms with van der Waals surface area (Å²) in [7, 11) is 1.88. The Morgan fingerprint density at radius 1 is 1.53 bits per heavy atom. The molecule has 94 valence electrons. The van der Waals surface area contributed by atoms with E-state index in [0.29, 0.717) is 6.61 Å². The van der Waals surface area contributed by atoms with E-state index in [9.17, 15) is 4.79 Å². The second-order valence-electron chi connectivity index (χ2n) is 4.65. The van der Waals surface area contributed by atoms with Crippen LogP contribution < -0.4 is 0 Å². The molecule has 1 aromatic heterocycles. The summed E-state index contributed by atoms with van der Waals surface area (Å²) in [6, 6.07) is 0. The normalized spacial score (nSPS) is 24.8. The molecule has 0 saturated heterocycles.